The summed E-state index contributed by atoms with van der Waals surface area (Å²) in [7, 11) is 0. The summed E-state index contributed by atoms with van der Waals surface area (Å²) in [4.78, 5) is 24.9. The standard InChI is InChI=1S/C17H24ClN3O2/c1-10(2)15(17(23)20-14(9-19)11-7-8-11)21-16(22)12-5-3-4-6-13(12)18/h3-6,10-11,14-15H,7-9,19H2,1-2H3,(H,20,23)(H,21,22). The summed E-state index contributed by atoms with van der Waals surface area (Å²) in [6.07, 6.45) is 2.20. The van der Waals surface area contributed by atoms with Gasteiger partial charge in [0.2, 0.25) is 5.91 Å². The van der Waals surface area contributed by atoms with Crippen molar-refractivity contribution in [2.75, 3.05) is 6.54 Å². The lowest BCUT2D eigenvalue weighted by atomic mass is 10.0. The maximum absolute atomic E-state index is 12.5. The lowest BCUT2D eigenvalue weighted by molar-refractivity contribution is -0.124. The zero-order valence-corrected chi connectivity index (χ0v) is 14.3. The molecule has 0 spiro atoms. The maximum Gasteiger partial charge on any atom is 0.253 e. The topological polar surface area (TPSA) is 84.2 Å². The molecule has 0 saturated heterocycles. The molecule has 1 saturated carbocycles. The van der Waals surface area contributed by atoms with Crippen LogP contribution in [0.15, 0.2) is 24.3 Å². The summed E-state index contributed by atoms with van der Waals surface area (Å²) in [6.45, 7) is 4.21. The van der Waals surface area contributed by atoms with Crippen molar-refractivity contribution in [1.29, 1.82) is 0 Å². The minimum Gasteiger partial charge on any atom is -0.350 e. The van der Waals surface area contributed by atoms with Gasteiger partial charge in [-0.3, -0.25) is 9.59 Å². The van der Waals surface area contributed by atoms with Gasteiger partial charge in [0.25, 0.3) is 5.91 Å². The van der Waals surface area contributed by atoms with E-state index >= 15 is 0 Å². The summed E-state index contributed by atoms with van der Waals surface area (Å²) in [6, 6.07) is 6.15. The molecule has 0 aromatic heterocycles. The average molecular weight is 338 g/mol. The van der Waals surface area contributed by atoms with Crippen LogP contribution >= 0.6 is 11.6 Å². The number of halogens is 1. The van der Waals surface area contributed by atoms with E-state index < -0.39 is 6.04 Å². The molecule has 1 fully saturated rings. The summed E-state index contributed by atoms with van der Waals surface area (Å²) in [5.41, 5.74) is 6.10. The fourth-order valence-corrected chi connectivity index (χ4v) is 2.76. The van der Waals surface area contributed by atoms with Gasteiger partial charge in [-0.2, -0.15) is 0 Å². The Kier molecular flexibility index (Phi) is 6.02. The predicted octanol–water partition coefficient (Wildman–Crippen LogP) is 1.95. The van der Waals surface area contributed by atoms with Gasteiger partial charge in [0, 0.05) is 12.6 Å². The van der Waals surface area contributed by atoms with Gasteiger partial charge in [-0.25, -0.2) is 0 Å². The number of nitrogens with two attached hydrogens (primary N) is 1. The first-order chi connectivity index (χ1) is 10.9. The molecule has 1 aliphatic carbocycles. The molecule has 0 bridgehead atoms. The van der Waals surface area contributed by atoms with Crippen molar-refractivity contribution < 1.29 is 9.59 Å². The molecule has 0 aliphatic heterocycles. The summed E-state index contributed by atoms with van der Waals surface area (Å²) in [5, 5.41) is 6.12. The molecule has 2 atom stereocenters. The molecule has 126 valence electrons. The van der Waals surface area contributed by atoms with Crippen molar-refractivity contribution in [2.24, 2.45) is 17.6 Å². The molecule has 2 rings (SSSR count). The van der Waals surface area contributed by atoms with Gasteiger partial charge in [0.1, 0.15) is 6.04 Å². The van der Waals surface area contributed by atoms with E-state index in [1.54, 1.807) is 24.3 Å². The third-order valence-electron chi connectivity index (χ3n) is 4.13. The number of carbonyl (C=O) groups is 2. The van der Waals surface area contributed by atoms with Crippen molar-refractivity contribution in [3.8, 4) is 0 Å². The van der Waals surface area contributed by atoms with E-state index in [4.69, 9.17) is 17.3 Å². The zero-order chi connectivity index (χ0) is 17.0. The number of benzene rings is 1. The van der Waals surface area contributed by atoms with Gasteiger partial charge < -0.3 is 16.4 Å². The number of rotatable bonds is 7. The van der Waals surface area contributed by atoms with Crippen molar-refractivity contribution >= 4 is 23.4 Å². The van der Waals surface area contributed by atoms with Gasteiger partial charge in [-0.05, 0) is 36.8 Å². The Morgan fingerprint density at radius 1 is 1.26 bits per heavy atom. The molecule has 1 aliphatic rings. The molecule has 0 radical (unpaired) electrons. The second-order valence-corrected chi connectivity index (χ2v) is 6.77. The van der Waals surface area contributed by atoms with E-state index in [2.05, 4.69) is 10.6 Å². The van der Waals surface area contributed by atoms with E-state index in [9.17, 15) is 9.59 Å². The Morgan fingerprint density at radius 2 is 1.91 bits per heavy atom. The smallest absolute Gasteiger partial charge is 0.253 e. The van der Waals surface area contributed by atoms with Crippen LogP contribution in [0.1, 0.15) is 37.0 Å². The Hall–Kier alpha value is -1.59. The first kappa shape index (κ1) is 17.8. The SMILES string of the molecule is CC(C)C(NC(=O)c1ccccc1Cl)C(=O)NC(CN)C1CC1. The molecular formula is C17H24ClN3O2. The fourth-order valence-electron chi connectivity index (χ4n) is 2.54. The lowest BCUT2D eigenvalue weighted by Crippen LogP contribution is -2.54. The van der Waals surface area contributed by atoms with E-state index in [-0.39, 0.29) is 23.8 Å². The van der Waals surface area contributed by atoms with Crippen LogP contribution in [0.5, 0.6) is 0 Å². The Bertz CT molecular complexity index is 573. The molecule has 5 nitrogen and oxygen atoms in total. The molecule has 2 unspecified atom stereocenters. The number of hydrogen-bond acceptors (Lipinski definition) is 3. The molecule has 6 heteroatoms. The van der Waals surface area contributed by atoms with E-state index in [0.717, 1.165) is 12.8 Å². The third-order valence-corrected chi connectivity index (χ3v) is 4.46. The van der Waals surface area contributed by atoms with Crippen LogP contribution in [-0.2, 0) is 4.79 Å². The van der Waals surface area contributed by atoms with Gasteiger partial charge in [0.15, 0.2) is 0 Å². The number of carbonyl (C=O) groups excluding carboxylic acids is 2. The summed E-state index contributed by atoms with van der Waals surface area (Å²) < 4.78 is 0. The fraction of sp³-hybridized carbons (Fsp3) is 0.529. The van der Waals surface area contributed by atoms with Gasteiger partial charge in [-0.15, -0.1) is 0 Å². The molecule has 0 heterocycles. The summed E-state index contributed by atoms with van der Waals surface area (Å²) >= 11 is 6.04. The van der Waals surface area contributed by atoms with Gasteiger partial charge in [-0.1, -0.05) is 37.6 Å². The van der Waals surface area contributed by atoms with Crippen molar-refractivity contribution in [1.82, 2.24) is 10.6 Å². The molecule has 4 N–H and O–H groups in total. The average Bonchev–Trinajstić information content (AvgIpc) is 3.34. The van der Waals surface area contributed by atoms with Crippen molar-refractivity contribution in [3.05, 3.63) is 34.9 Å². The summed E-state index contributed by atoms with van der Waals surface area (Å²) in [5.74, 6) is -0.113. The third kappa shape index (κ3) is 4.69. The molecule has 1 aromatic carbocycles. The quantitative estimate of drug-likeness (QED) is 0.711. The van der Waals surface area contributed by atoms with Gasteiger partial charge in [0.05, 0.1) is 10.6 Å². The second-order valence-electron chi connectivity index (χ2n) is 6.36. The second kappa shape index (κ2) is 7.79. The number of nitrogens with one attached hydrogen (secondary N) is 2. The first-order valence-electron chi connectivity index (χ1n) is 7.99. The highest BCUT2D eigenvalue weighted by molar-refractivity contribution is 6.33. The largest absolute Gasteiger partial charge is 0.350 e. The maximum atomic E-state index is 12.5. The van der Waals surface area contributed by atoms with Gasteiger partial charge >= 0.3 is 0 Å². The number of amides is 2. The number of hydrogen-bond donors (Lipinski definition) is 3. The van der Waals surface area contributed by atoms with Crippen LogP contribution in [0, 0.1) is 11.8 Å². The van der Waals surface area contributed by atoms with E-state index in [1.165, 1.54) is 0 Å². The Labute approximate surface area is 142 Å². The minimum atomic E-state index is -0.619. The van der Waals surface area contributed by atoms with Crippen LogP contribution in [0.3, 0.4) is 0 Å². The molecule has 23 heavy (non-hydrogen) atoms. The van der Waals surface area contributed by atoms with E-state index in [0.29, 0.717) is 23.0 Å². The first-order valence-corrected chi connectivity index (χ1v) is 8.37. The van der Waals surface area contributed by atoms with Crippen LogP contribution in [0.4, 0.5) is 0 Å². The highest BCUT2D eigenvalue weighted by Gasteiger charge is 2.34. The van der Waals surface area contributed by atoms with Crippen molar-refractivity contribution in [3.63, 3.8) is 0 Å². The highest BCUT2D eigenvalue weighted by Crippen LogP contribution is 2.32. The van der Waals surface area contributed by atoms with E-state index in [1.807, 2.05) is 13.8 Å². The lowest BCUT2D eigenvalue weighted by Gasteiger charge is -2.25. The normalized spacial score (nSPS) is 16.7. The van der Waals surface area contributed by atoms with Crippen LogP contribution in [0.25, 0.3) is 0 Å². The van der Waals surface area contributed by atoms with Crippen molar-refractivity contribution in [2.45, 2.75) is 38.8 Å². The van der Waals surface area contributed by atoms with Crippen LogP contribution in [0.2, 0.25) is 5.02 Å². The molecular weight excluding hydrogens is 314 g/mol. The predicted molar refractivity (Wildman–Crippen MR) is 91.3 cm³/mol. The Morgan fingerprint density at radius 3 is 2.43 bits per heavy atom. The zero-order valence-electron chi connectivity index (χ0n) is 13.5. The molecule has 1 aromatic rings. The Balaban J connectivity index is 2.04. The van der Waals surface area contributed by atoms with Crippen LogP contribution in [-0.4, -0.2) is 30.4 Å². The highest BCUT2D eigenvalue weighted by atomic mass is 35.5. The van der Waals surface area contributed by atoms with Crippen LogP contribution < -0.4 is 16.4 Å². The monoisotopic (exact) mass is 337 g/mol. The molecule has 2 amide bonds. The minimum absolute atomic E-state index is 0.0130.